The second-order valence-corrected chi connectivity index (χ2v) is 7.19. The summed E-state index contributed by atoms with van der Waals surface area (Å²) in [5.41, 5.74) is 1.38. The molecule has 124 valence electrons. The summed E-state index contributed by atoms with van der Waals surface area (Å²) in [6.07, 6.45) is 10.2. The van der Waals surface area contributed by atoms with Gasteiger partial charge in [-0.2, -0.15) is 0 Å². The Morgan fingerprint density at radius 3 is 3.05 bits per heavy atom. The Morgan fingerprint density at radius 2 is 2.32 bits per heavy atom. The summed E-state index contributed by atoms with van der Waals surface area (Å²) < 4.78 is 7.35. The molecule has 1 aromatic rings. The van der Waals surface area contributed by atoms with Gasteiger partial charge in [0.15, 0.2) is 0 Å². The zero-order chi connectivity index (χ0) is 15.4. The molecule has 1 unspecified atom stereocenters. The van der Waals surface area contributed by atoms with Crippen molar-refractivity contribution in [2.45, 2.75) is 45.2 Å². The predicted octanol–water partition coefficient (Wildman–Crippen LogP) is 1.90. The molecular weight excluding hydrogens is 278 g/mol. The molecule has 22 heavy (non-hydrogen) atoms. The van der Waals surface area contributed by atoms with Crippen LogP contribution in [0.1, 0.15) is 37.8 Å². The average Bonchev–Trinajstić information content (AvgIpc) is 3.23. The highest BCUT2D eigenvalue weighted by Gasteiger charge is 2.39. The summed E-state index contributed by atoms with van der Waals surface area (Å²) in [4.78, 5) is 6.79. The van der Waals surface area contributed by atoms with Crippen molar-refractivity contribution in [3.05, 3.63) is 18.2 Å². The fraction of sp³-hybridized carbons (Fsp3) is 0.824. The second kappa shape index (κ2) is 7.11. The number of ether oxygens (including phenoxy) is 1. The number of rotatable bonds is 8. The maximum absolute atomic E-state index is 9.97. The summed E-state index contributed by atoms with van der Waals surface area (Å²) in [6, 6.07) is 0. The molecule has 2 heterocycles. The Hall–Kier alpha value is -0.910. The topological polar surface area (TPSA) is 50.5 Å². The van der Waals surface area contributed by atoms with Gasteiger partial charge in [0.05, 0.1) is 18.6 Å². The number of aromatic nitrogens is 2. The van der Waals surface area contributed by atoms with Gasteiger partial charge in [0, 0.05) is 45.0 Å². The number of likely N-dealkylation sites (tertiary alicyclic amines) is 1. The van der Waals surface area contributed by atoms with Crippen LogP contribution in [0.2, 0.25) is 0 Å². The molecule has 0 bridgehead atoms. The first-order chi connectivity index (χ1) is 10.7. The van der Waals surface area contributed by atoms with Gasteiger partial charge in [-0.25, -0.2) is 4.98 Å². The highest BCUT2D eigenvalue weighted by molar-refractivity contribution is 5.00. The van der Waals surface area contributed by atoms with Gasteiger partial charge in [0.1, 0.15) is 0 Å². The number of methoxy groups -OCH3 is 1. The van der Waals surface area contributed by atoms with Gasteiger partial charge in [-0.1, -0.05) is 12.8 Å². The molecule has 1 N–H and O–H groups in total. The molecule has 3 rings (SSSR count). The molecule has 0 spiro atoms. The molecule has 0 amide bonds. The van der Waals surface area contributed by atoms with Crippen LogP contribution >= 0.6 is 0 Å². The monoisotopic (exact) mass is 307 g/mol. The molecule has 1 atom stereocenters. The van der Waals surface area contributed by atoms with E-state index in [4.69, 9.17) is 4.74 Å². The number of aliphatic hydroxyl groups is 1. The van der Waals surface area contributed by atoms with E-state index in [-0.39, 0.29) is 5.41 Å². The van der Waals surface area contributed by atoms with Crippen molar-refractivity contribution in [1.29, 1.82) is 0 Å². The first-order valence-corrected chi connectivity index (χ1v) is 8.56. The predicted molar refractivity (Wildman–Crippen MR) is 85.5 cm³/mol. The Kier molecular flexibility index (Phi) is 5.16. The molecule has 5 heteroatoms. The summed E-state index contributed by atoms with van der Waals surface area (Å²) in [6.45, 7) is 4.98. The van der Waals surface area contributed by atoms with Crippen molar-refractivity contribution >= 4 is 0 Å². The van der Waals surface area contributed by atoms with Gasteiger partial charge in [-0.3, -0.25) is 4.90 Å². The normalized spacial score (nSPS) is 26.5. The van der Waals surface area contributed by atoms with Gasteiger partial charge in [0.2, 0.25) is 0 Å². The first kappa shape index (κ1) is 16.0. The van der Waals surface area contributed by atoms with Crippen LogP contribution in [0.5, 0.6) is 0 Å². The third-order valence-corrected chi connectivity index (χ3v) is 5.21. The number of hydrogen-bond donors (Lipinski definition) is 1. The molecule has 1 saturated heterocycles. The van der Waals surface area contributed by atoms with E-state index in [1.165, 1.54) is 37.8 Å². The van der Waals surface area contributed by atoms with Crippen molar-refractivity contribution in [3.63, 3.8) is 0 Å². The van der Waals surface area contributed by atoms with Crippen LogP contribution in [0.4, 0.5) is 0 Å². The Morgan fingerprint density at radius 1 is 1.45 bits per heavy atom. The lowest BCUT2D eigenvalue weighted by molar-refractivity contribution is 0.0170. The van der Waals surface area contributed by atoms with Crippen LogP contribution in [0.3, 0.4) is 0 Å². The second-order valence-electron chi connectivity index (χ2n) is 7.19. The third-order valence-electron chi connectivity index (χ3n) is 5.21. The van der Waals surface area contributed by atoms with Gasteiger partial charge in [-0.15, -0.1) is 0 Å². The summed E-state index contributed by atoms with van der Waals surface area (Å²) in [5.74, 6) is 0.874. The van der Waals surface area contributed by atoms with Gasteiger partial charge < -0.3 is 14.4 Å². The van der Waals surface area contributed by atoms with E-state index in [2.05, 4.69) is 14.5 Å². The van der Waals surface area contributed by atoms with Gasteiger partial charge >= 0.3 is 0 Å². The molecular formula is C17H29N3O2. The zero-order valence-electron chi connectivity index (χ0n) is 13.7. The average molecular weight is 307 g/mol. The summed E-state index contributed by atoms with van der Waals surface area (Å²) in [5, 5.41) is 9.97. The molecule has 1 aromatic heterocycles. The number of hydrogen-bond acceptors (Lipinski definition) is 4. The molecule has 2 fully saturated rings. The van der Waals surface area contributed by atoms with E-state index in [1.54, 1.807) is 7.11 Å². The quantitative estimate of drug-likeness (QED) is 0.797. The van der Waals surface area contributed by atoms with Crippen molar-refractivity contribution < 1.29 is 9.84 Å². The lowest BCUT2D eigenvalue weighted by atomic mass is 9.76. The lowest BCUT2D eigenvalue weighted by Crippen LogP contribution is -2.45. The van der Waals surface area contributed by atoms with E-state index in [9.17, 15) is 5.11 Å². The fourth-order valence-corrected chi connectivity index (χ4v) is 3.84. The van der Waals surface area contributed by atoms with E-state index in [0.29, 0.717) is 13.2 Å². The largest absolute Gasteiger partial charge is 0.396 e. The van der Waals surface area contributed by atoms with Crippen molar-refractivity contribution in [2.75, 3.05) is 33.4 Å². The van der Waals surface area contributed by atoms with Crippen LogP contribution < -0.4 is 0 Å². The molecule has 0 aromatic carbocycles. The van der Waals surface area contributed by atoms with Crippen LogP contribution in [-0.2, 0) is 17.8 Å². The fourth-order valence-electron chi connectivity index (χ4n) is 3.84. The minimum Gasteiger partial charge on any atom is -0.396 e. The minimum atomic E-state index is 0.136. The van der Waals surface area contributed by atoms with Gasteiger partial charge in [-0.05, 0) is 31.7 Å². The number of piperidine rings is 1. The van der Waals surface area contributed by atoms with Crippen molar-refractivity contribution in [3.8, 4) is 0 Å². The number of imidazole rings is 1. The molecule has 2 aliphatic rings. The highest BCUT2D eigenvalue weighted by Crippen LogP contribution is 2.44. The SMILES string of the molecule is COCCn1cncc1CN1CCCC(CO)(CC2CC2)C1. The minimum absolute atomic E-state index is 0.136. The maximum Gasteiger partial charge on any atom is 0.0949 e. The van der Waals surface area contributed by atoms with Crippen molar-refractivity contribution in [2.24, 2.45) is 11.3 Å². The smallest absolute Gasteiger partial charge is 0.0949 e. The molecule has 1 aliphatic heterocycles. The molecule has 0 radical (unpaired) electrons. The Balaban J connectivity index is 1.61. The first-order valence-electron chi connectivity index (χ1n) is 8.56. The Labute approximate surface area is 133 Å². The summed E-state index contributed by atoms with van der Waals surface area (Å²) >= 11 is 0. The Bertz CT molecular complexity index is 472. The van der Waals surface area contributed by atoms with E-state index in [0.717, 1.165) is 32.1 Å². The standard InChI is InChI=1S/C17H29N3O2/c1-22-8-7-20-14-18-10-16(20)11-19-6-2-5-17(12-19,13-21)9-15-3-4-15/h10,14-15,21H,2-9,11-13H2,1H3. The summed E-state index contributed by atoms with van der Waals surface area (Å²) in [7, 11) is 1.73. The third kappa shape index (κ3) is 3.89. The zero-order valence-corrected chi connectivity index (χ0v) is 13.7. The van der Waals surface area contributed by atoms with Crippen LogP contribution in [0.25, 0.3) is 0 Å². The maximum atomic E-state index is 9.97. The van der Waals surface area contributed by atoms with Crippen LogP contribution in [0, 0.1) is 11.3 Å². The molecule has 1 aliphatic carbocycles. The number of nitrogens with zero attached hydrogens (tertiary/aromatic N) is 3. The molecule has 5 nitrogen and oxygen atoms in total. The van der Waals surface area contributed by atoms with E-state index < -0.39 is 0 Å². The molecule has 1 saturated carbocycles. The van der Waals surface area contributed by atoms with E-state index >= 15 is 0 Å². The van der Waals surface area contributed by atoms with Gasteiger partial charge in [0.25, 0.3) is 0 Å². The van der Waals surface area contributed by atoms with Crippen LogP contribution in [-0.4, -0.2) is 53.0 Å². The van der Waals surface area contributed by atoms with Crippen LogP contribution in [0.15, 0.2) is 12.5 Å². The lowest BCUT2D eigenvalue weighted by Gasteiger charge is -2.42. The van der Waals surface area contributed by atoms with E-state index in [1.807, 2.05) is 12.5 Å². The highest BCUT2D eigenvalue weighted by atomic mass is 16.5. The number of aliphatic hydroxyl groups excluding tert-OH is 1. The van der Waals surface area contributed by atoms with Crippen molar-refractivity contribution in [1.82, 2.24) is 14.5 Å².